The summed E-state index contributed by atoms with van der Waals surface area (Å²) in [7, 11) is 0. The van der Waals surface area contributed by atoms with Gasteiger partial charge < -0.3 is 40.6 Å². The van der Waals surface area contributed by atoms with E-state index < -0.39 is 12.3 Å². The van der Waals surface area contributed by atoms with Crippen LogP contribution in [0.15, 0.2) is 0 Å². The fraction of sp³-hybridized carbons (Fsp3) is 0.750. The summed E-state index contributed by atoms with van der Waals surface area (Å²) in [5.74, 6) is 1.24. The fourth-order valence-electron chi connectivity index (χ4n) is 0.733. The zero-order valence-electron chi connectivity index (χ0n) is 10.7. The summed E-state index contributed by atoms with van der Waals surface area (Å²) in [5.41, 5.74) is 6.96. The molecule has 12 heteroatoms. The molecule has 0 saturated heterocycles. The standard InChI is InChI=1S/C6H13Cl2N2.2CH2O3.Co.K/c7-1-4-10(5-2-8)6-3-9;2*2-1(3)4;;/h9H,1-6H2;2*(H2,2,3,4);;/q-1;;;+3;+1/p-4. The van der Waals surface area contributed by atoms with E-state index in [1.165, 1.54) is 0 Å². The van der Waals surface area contributed by atoms with Crippen LogP contribution in [-0.4, -0.2) is 55.1 Å². The smallest absolute Gasteiger partial charge is 0.676 e. The van der Waals surface area contributed by atoms with Crippen LogP contribution >= 0.6 is 23.2 Å². The second-order valence-corrected chi connectivity index (χ2v) is 3.23. The summed E-state index contributed by atoms with van der Waals surface area (Å²) in [6.07, 6.45) is -4.67. The molecule has 0 heterocycles. The maximum Gasteiger partial charge on any atom is 3.00 e. The largest absolute Gasteiger partial charge is 3.00 e. The van der Waals surface area contributed by atoms with Crippen molar-refractivity contribution in [3.05, 3.63) is 5.73 Å². The third-order valence-electron chi connectivity index (χ3n) is 1.23. The van der Waals surface area contributed by atoms with Crippen molar-refractivity contribution in [3.63, 3.8) is 0 Å². The second kappa shape index (κ2) is 28.4. The van der Waals surface area contributed by atoms with Gasteiger partial charge in [0.1, 0.15) is 0 Å². The Hall–Kier alpha value is 1.18. The molecule has 0 aliphatic rings. The van der Waals surface area contributed by atoms with Gasteiger partial charge in [-0.25, -0.2) is 0 Å². The number of nitrogens with zero attached hydrogens (tertiary/aromatic N) is 1. The van der Waals surface area contributed by atoms with Crippen molar-refractivity contribution in [2.75, 3.05) is 37.9 Å². The Balaban J connectivity index is -0.0000000637. The number of nitrogens with one attached hydrogen (secondary N) is 1. The van der Waals surface area contributed by atoms with E-state index in [9.17, 15) is 0 Å². The average molecular weight is 402 g/mol. The van der Waals surface area contributed by atoms with Crippen LogP contribution in [0.4, 0.5) is 9.59 Å². The number of hydrogen-bond donors (Lipinski definition) is 0. The van der Waals surface area contributed by atoms with Gasteiger partial charge in [-0.2, -0.15) is 0 Å². The monoisotopic (exact) mass is 401 g/mol. The van der Waals surface area contributed by atoms with Crippen LogP contribution in [0.3, 0.4) is 0 Å². The molecule has 0 aliphatic carbocycles. The summed E-state index contributed by atoms with van der Waals surface area (Å²) in [6, 6.07) is 0. The Bertz CT molecular complexity index is 185. The van der Waals surface area contributed by atoms with Crippen LogP contribution in [0.5, 0.6) is 0 Å². The first-order valence-corrected chi connectivity index (χ1v) is 5.63. The first-order valence-electron chi connectivity index (χ1n) is 4.56. The second-order valence-electron chi connectivity index (χ2n) is 2.47. The van der Waals surface area contributed by atoms with Crippen LogP contribution < -0.4 is 71.8 Å². The Morgan fingerprint density at radius 3 is 1.30 bits per heavy atom. The van der Waals surface area contributed by atoms with Crippen molar-refractivity contribution in [1.82, 2.24) is 4.90 Å². The molecule has 1 N–H and O–H groups in total. The molecule has 0 radical (unpaired) electrons. The molecule has 20 heavy (non-hydrogen) atoms. The number of hydrogen-bond acceptors (Lipinski definition) is 7. The van der Waals surface area contributed by atoms with Crippen LogP contribution in [0.25, 0.3) is 5.73 Å². The van der Waals surface area contributed by atoms with Crippen molar-refractivity contribution in [1.29, 1.82) is 0 Å². The Labute approximate surface area is 180 Å². The first-order chi connectivity index (χ1) is 8.31. The Morgan fingerprint density at radius 2 is 1.15 bits per heavy atom. The molecular formula is C8H13Cl2CoKN2O6-. The third kappa shape index (κ3) is 61.2. The number of carbonyl (C=O) groups is 2. The molecule has 8 nitrogen and oxygen atoms in total. The summed E-state index contributed by atoms with van der Waals surface area (Å²) in [5, 5.41) is 33.3. The summed E-state index contributed by atoms with van der Waals surface area (Å²) < 4.78 is 0. The van der Waals surface area contributed by atoms with Gasteiger partial charge in [-0.3, -0.25) is 0 Å². The SMILES string of the molecule is O=C([O-])[O-].O=C([O-])[O-].[Co+3].[K+].[NH-]CCN(CCCl)CCCl. The Kier molecular flexibility index (Phi) is 46.7. The molecule has 0 aromatic heterocycles. The van der Waals surface area contributed by atoms with Crippen molar-refractivity contribution in [3.8, 4) is 0 Å². The summed E-state index contributed by atoms with van der Waals surface area (Å²) in [4.78, 5) is 18.8. The van der Waals surface area contributed by atoms with Crippen LogP contribution in [0, 0.1) is 0 Å². The molecule has 0 bridgehead atoms. The van der Waals surface area contributed by atoms with Gasteiger partial charge in [0.2, 0.25) is 0 Å². The number of halogens is 2. The van der Waals surface area contributed by atoms with E-state index in [2.05, 4.69) is 4.90 Å². The zero-order valence-corrected chi connectivity index (χ0v) is 16.4. The third-order valence-corrected chi connectivity index (χ3v) is 1.57. The Morgan fingerprint density at radius 1 is 0.900 bits per heavy atom. The van der Waals surface area contributed by atoms with Gasteiger partial charge in [0.25, 0.3) is 0 Å². The van der Waals surface area contributed by atoms with Crippen LogP contribution in [0.1, 0.15) is 0 Å². The van der Waals surface area contributed by atoms with Gasteiger partial charge >= 0.3 is 68.2 Å². The van der Waals surface area contributed by atoms with Gasteiger partial charge in [-0.1, -0.05) is 0 Å². The quantitative estimate of drug-likeness (QED) is 0.317. The molecule has 0 aromatic rings. The molecular weight excluding hydrogens is 389 g/mol. The van der Waals surface area contributed by atoms with E-state index in [-0.39, 0.29) is 68.2 Å². The minimum absolute atomic E-state index is 0. The number of carboxylic acid groups (broad SMARTS) is 4. The molecule has 116 valence electrons. The van der Waals surface area contributed by atoms with Crippen molar-refractivity contribution in [2.45, 2.75) is 0 Å². The molecule has 0 unspecified atom stereocenters. The van der Waals surface area contributed by atoms with E-state index in [1.807, 2.05) is 0 Å². The predicted molar refractivity (Wildman–Crippen MR) is 57.9 cm³/mol. The van der Waals surface area contributed by atoms with E-state index in [0.717, 1.165) is 19.6 Å². The van der Waals surface area contributed by atoms with Gasteiger partial charge in [-0.05, 0) is 18.9 Å². The zero-order chi connectivity index (χ0) is 15.0. The minimum Gasteiger partial charge on any atom is -0.676 e. The number of alkyl halides is 2. The van der Waals surface area contributed by atoms with E-state index in [0.29, 0.717) is 18.3 Å². The maximum absolute atomic E-state index is 8.33. The van der Waals surface area contributed by atoms with Gasteiger partial charge in [0.15, 0.2) is 0 Å². The normalized spacial score (nSPS) is 7.80. The van der Waals surface area contributed by atoms with Crippen molar-refractivity contribution >= 4 is 35.5 Å². The maximum atomic E-state index is 8.33. The summed E-state index contributed by atoms with van der Waals surface area (Å²) >= 11 is 11.0. The minimum atomic E-state index is -2.33. The average Bonchev–Trinajstić information content (AvgIpc) is 2.17. The van der Waals surface area contributed by atoms with E-state index >= 15 is 0 Å². The predicted octanol–water partition coefficient (Wildman–Crippen LogP) is -6.07. The first kappa shape index (κ1) is 32.9. The van der Waals surface area contributed by atoms with Crippen molar-refractivity contribution in [2.24, 2.45) is 0 Å². The van der Waals surface area contributed by atoms with Gasteiger partial charge in [0, 0.05) is 24.8 Å². The molecule has 0 rings (SSSR count). The number of rotatable bonds is 6. The fourth-order valence-corrected chi connectivity index (χ4v) is 1.21. The topological polar surface area (TPSA) is 153 Å². The molecule has 0 atom stereocenters. The molecule has 0 aromatic carbocycles. The van der Waals surface area contributed by atoms with Crippen molar-refractivity contribution < 1.29 is 98.2 Å². The molecule has 0 amide bonds. The van der Waals surface area contributed by atoms with E-state index in [4.69, 9.17) is 59.0 Å². The number of carbonyl (C=O) groups excluding carboxylic acids is 2. The summed E-state index contributed by atoms with van der Waals surface area (Å²) in [6.45, 7) is 2.88. The van der Waals surface area contributed by atoms with Gasteiger partial charge in [-0.15, -0.1) is 29.7 Å². The molecule has 0 fully saturated rings. The van der Waals surface area contributed by atoms with Crippen LogP contribution in [-0.2, 0) is 16.8 Å². The molecule has 0 saturated carbocycles. The van der Waals surface area contributed by atoms with E-state index in [1.54, 1.807) is 0 Å². The molecule has 0 aliphatic heterocycles. The van der Waals surface area contributed by atoms with Crippen LogP contribution in [0.2, 0.25) is 0 Å². The van der Waals surface area contributed by atoms with Gasteiger partial charge in [0.05, 0.1) is 0 Å². The molecule has 0 spiro atoms.